The highest BCUT2D eigenvalue weighted by Gasteiger charge is 2.23. The summed E-state index contributed by atoms with van der Waals surface area (Å²) in [6.45, 7) is 8.91. The molecule has 2 fully saturated rings. The molecule has 76 valence electrons. The van der Waals surface area contributed by atoms with Gasteiger partial charge < -0.3 is 10.2 Å². The Bertz CT molecular complexity index is 146. The smallest absolute Gasteiger partial charge is 0.00340 e. The first-order valence-corrected chi connectivity index (χ1v) is 5.81. The van der Waals surface area contributed by atoms with Crippen LogP contribution in [0.15, 0.2) is 0 Å². The van der Waals surface area contributed by atoms with Crippen LogP contribution >= 0.6 is 0 Å². The summed E-state index contributed by atoms with van der Waals surface area (Å²) in [5.74, 6) is 1.98. The first-order valence-electron chi connectivity index (χ1n) is 5.81. The number of piperidine rings is 1. The molecule has 0 atom stereocenters. The van der Waals surface area contributed by atoms with E-state index in [4.69, 9.17) is 0 Å². The molecule has 13 heavy (non-hydrogen) atoms. The number of nitrogens with one attached hydrogen (secondary N) is 1. The summed E-state index contributed by atoms with van der Waals surface area (Å²) in [5, 5.41) is 3.34. The highest BCUT2D eigenvalue weighted by molar-refractivity contribution is 4.80. The normalized spacial score (nSPS) is 27.5. The van der Waals surface area contributed by atoms with Crippen molar-refractivity contribution in [1.82, 2.24) is 10.2 Å². The van der Waals surface area contributed by atoms with E-state index >= 15 is 0 Å². The lowest BCUT2D eigenvalue weighted by Gasteiger charge is -2.37. The summed E-state index contributed by atoms with van der Waals surface area (Å²) >= 11 is 0. The van der Waals surface area contributed by atoms with E-state index in [1.54, 1.807) is 0 Å². The first kappa shape index (κ1) is 9.47. The van der Waals surface area contributed by atoms with Gasteiger partial charge in [0, 0.05) is 19.6 Å². The summed E-state index contributed by atoms with van der Waals surface area (Å²) in [5.41, 5.74) is 0. The van der Waals surface area contributed by atoms with E-state index in [9.17, 15) is 0 Å². The highest BCUT2D eigenvalue weighted by atomic mass is 15.1. The molecule has 2 saturated heterocycles. The van der Waals surface area contributed by atoms with Crippen LogP contribution in [0.25, 0.3) is 0 Å². The van der Waals surface area contributed by atoms with Crippen molar-refractivity contribution in [2.24, 2.45) is 11.8 Å². The Hall–Kier alpha value is -0.0800. The third-order valence-electron chi connectivity index (χ3n) is 3.67. The minimum atomic E-state index is 0.957. The molecule has 2 aliphatic rings. The van der Waals surface area contributed by atoms with Gasteiger partial charge in [-0.3, -0.25) is 0 Å². The first-order chi connectivity index (χ1) is 6.38. The number of rotatable bonds is 3. The Labute approximate surface area is 81.7 Å². The molecule has 0 spiro atoms. The van der Waals surface area contributed by atoms with E-state index in [-0.39, 0.29) is 0 Å². The van der Waals surface area contributed by atoms with Crippen LogP contribution < -0.4 is 5.32 Å². The second-order valence-corrected chi connectivity index (χ2v) is 4.68. The Morgan fingerprint density at radius 2 is 1.85 bits per heavy atom. The summed E-state index contributed by atoms with van der Waals surface area (Å²) in [7, 11) is 0. The summed E-state index contributed by atoms with van der Waals surface area (Å²) < 4.78 is 0. The Morgan fingerprint density at radius 1 is 1.15 bits per heavy atom. The van der Waals surface area contributed by atoms with Crippen molar-refractivity contribution in [2.45, 2.75) is 26.2 Å². The van der Waals surface area contributed by atoms with Gasteiger partial charge in [0.1, 0.15) is 0 Å². The third kappa shape index (κ3) is 2.44. The van der Waals surface area contributed by atoms with E-state index in [0.29, 0.717) is 0 Å². The SMILES string of the molecule is CCC1CCN(CC2CNC2)CC1. The lowest BCUT2D eigenvalue weighted by atomic mass is 9.93. The predicted molar refractivity (Wildman–Crippen MR) is 55.8 cm³/mol. The van der Waals surface area contributed by atoms with Crippen LogP contribution in [0.5, 0.6) is 0 Å². The van der Waals surface area contributed by atoms with Gasteiger partial charge in [-0.1, -0.05) is 13.3 Å². The fourth-order valence-electron chi connectivity index (χ4n) is 2.42. The predicted octanol–water partition coefficient (Wildman–Crippen LogP) is 1.33. The summed E-state index contributed by atoms with van der Waals surface area (Å²) in [4.78, 5) is 2.66. The molecule has 2 rings (SSSR count). The van der Waals surface area contributed by atoms with E-state index in [1.165, 1.54) is 52.0 Å². The molecule has 0 aliphatic carbocycles. The lowest BCUT2D eigenvalue weighted by molar-refractivity contribution is 0.139. The molecule has 2 heterocycles. The van der Waals surface area contributed by atoms with Crippen LogP contribution in [0.1, 0.15) is 26.2 Å². The Balaban J connectivity index is 1.65. The minimum Gasteiger partial charge on any atom is -0.316 e. The molecule has 0 saturated carbocycles. The van der Waals surface area contributed by atoms with Crippen LogP contribution in [-0.4, -0.2) is 37.6 Å². The van der Waals surface area contributed by atoms with Crippen LogP contribution in [0.3, 0.4) is 0 Å². The number of nitrogens with zero attached hydrogens (tertiary/aromatic N) is 1. The van der Waals surface area contributed by atoms with E-state index in [2.05, 4.69) is 17.1 Å². The van der Waals surface area contributed by atoms with Crippen molar-refractivity contribution < 1.29 is 0 Å². The minimum absolute atomic E-state index is 0.957. The van der Waals surface area contributed by atoms with Gasteiger partial charge in [0.25, 0.3) is 0 Å². The molecule has 2 aliphatic heterocycles. The maximum atomic E-state index is 3.34. The van der Waals surface area contributed by atoms with Gasteiger partial charge in [-0.2, -0.15) is 0 Å². The van der Waals surface area contributed by atoms with Gasteiger partial charge in [-0.15, -0.1) is 0 Å². The van der Waals surface area contributed by atoms with Gasteiger partial charge in [0.15, 0.2) is 0 Å². The molecular weight excluding hydrogens is 160 g/mol. The van der Waals surface area contributed by atoms with Gasteiger partial charge in [-0.05, 0) is 37.8 Å². The van der Waals surface area contributed by atoms with Crippen molar-refractivity contribution in [3.05, 3.63) is 0 Å². The molecule has 1 N–H and O–H groups in total. The zero-order chi connectivity index (χ0) is 9.10. The van der Waals surface area contributed by atoms with Crippen molar-refractivity contribution in [2.75, 3.05) is 32.7 Å². The summed E-state index contributed by atoms with van der Waals surface area (Å²) in [6, 6.07) is 0. The molecule has 0 bridgehead atoms. The second-order valence-electron chi connectivity index (χ2n) is 4.68. The molecular formula is C11H22N2. The van der Waals surface area contributed by atoms with E-state index in [1.807, 2.05) is 0 Å². The lowest BCUT2D eigenvalue weighted by Crippen LogP contribution is -2.49. The van der Waals surface area contributed by atoms with Crippen molar-refractivity contribution >= 4 is 0 Å². The fourth-order valence-corrected chi connectivity index (χ4v) is 2.42. The van der Waals surface area contributed by atoms with Crippen molar-refractivity contribution in [1.29, 1.82) is 0 Å². The van der Waals surface area contributed by atoms with Gasteiger partial charge in [0.2, 0.25) is 0 Å². The maximum absolute atomic E-state index is 3.34. The number of hydrogen-bond donors (Lipinski definition) is 1. The van der Waals surface area contributed by atoms with Crippen molar-refractivity contribution in [3.63, 3.8) is 0 Å². The quantitative estimate of drug-likeness (QED) is 0.708. The number of hydrogen-bond acceptors (Lipinski definition) is 2. The average Bonchev–Trinajstić information content (AvgIpc) is 2.12. The van der Waals surface area contributed by atoms with Gasteiger partial charge >= 0.3 is 0 Å². The molecule has 0 unspecified atom stereocenters. The molecule has 0 radical (unpaired) electrons. The van der Waals surface area contributed by atoms with Gasteiger partial charge in [-0.25, -0.2) is 0 Å². The maximum Gasteiger partial charge on any atom is 0.00340 e. The fraction of sp³-hybridized carbons (Fsp3) is 1.00. The largest absolute Gasteiger partial charge is 0.316 e. The number of likely N-dealkylation sites (tertiary alicyclic amines) is 1. The Morgan fingerprint density at radius 3 is 2.31 bits per heavy atom. The summed E-state index contributed by atoms with van der Waals surface area (Å²) in [6.07, 6.45) is 4.27. The molecule has 0 aromatic carbocycles. The monoisotopic (exact) mass is 182 g/mol. The van der Waals surface area contributed by atoms with Crippen LogP contribution in [0.2, 0.25) is 0 Å². The molecule has 0 aromatic heterocycles. The highest BCUT2D eigenvalue weighted by Crippen LogP contribution is 2.20. The van der Waals surface area contributed by atoms with E-state index < -0.39 is 0 Å². The van der Waals surface area contributed by atoms with Crippen LogP contribution in [-0.2, 0) is 0 Å². The molecule has 0 amide bonds. The molecule has 0 aromatic rings. The van der Waals surface area contributed by atoms with Gasteiger partial charge in [0.05, 0.1) is 0 Å². The van der Waals surface area contributed by atoms with E-state index in [0.717, 1.165) is 11.8 Å². The Kier molecular flexibility index (Phi) is 3.23. The van der Waals surface area contributed by atoms with Crippen LogP contribution in [0, 0.1) is 11.8 Å². The zero-order valence-electron chi connectivity index (χ0n) is 8.76. The molecule has 2 nitrogen and oxygen atoms in total. The topological polar surface area (TPSA) is 15.3 Å². The molecule has 2 heteroatoms. The average molecular weight is 182 g/mol. The third-order valence-corrected chi connectivity index (χ3v) is 3.67. The van der Waals surface area contributed by atoms with Crippen LogP contribution in [0.4, 0.5) is 0 Å². The zero-order valence-corrected chi connectivity index (χ0v) is 8.76. The van der Waals surface area contributed by atoms with Crippen molar-refractivity contribution in [3.8, 4) is 0 Å². The second kappa shape index (κ2) is 4.43. The standard InChI is InChI=1S/C11H22N2/c1-2-10-3-5-13(6-4-10)9-11-7-12-8-11/h10-12H,2-9H2,1H3.